The molecule has 0 aliphatic carbocycles. The first kappa shape index (κ1) is 16.0. The van der Waals surface area contributed by atoms with Gasteiger partial charge in [0, 0.05) is 0 Å². The highest BCUT2D eigenvalue weighted by molar-refractivity contribution is 7.20. The lowest BCUT2D eigenvalue weighted by Crippen LogP contribution is -2.15. The van der Waals surface area contributed by atoms with Gasteiger partial charge in [-0.2, -0.15) is 4.52 Å². The Morgan fingerprint density at radius 1 is 1.27 bits per heavy atom. The van der Waals surface area contributed by atoms with Gasteiger partial charge in [-0.25, -0.2) is 9.78 Å². The Morgan fingerprint density at radius 3 is 2.85 bits per heavy atom. The van der Waals surface area contributed by atoms with E-state index < -0.39 is 5.97 Å². The summed E-state index contributed by atoms with van der Waals surface area (Å²) >= 11 is 1.18. The number of carboxylic acids is 1. The number of carboxylic acid groups (broad SMARTS) is 1. The van der Waals surface area contributed by atoms with Crippen LogP contribution in [0.2, 0.25) is 0 Å². The number of methoxy groups -OCH3 is 1. The van der Waals surface area contributed by atoms with Gasteiger partial charge in [-0.3, -0.25) is 4.79 Å². The van der Waals surface area contributed by atoms with Crippen LogP contribution in [0.15, 0.2) is 47.3 Å². The van der Waals surface area contributed by atoms with Crippen LogP contribution in [0, 0.1) is 0 Å². The molecule has 0 aliphatic heterocycles. The highest BCUT2D eigenvalue weighted by atomic mass is 32.1. The van der Waals surface area contributed by atoms with Crippen LogP contribution in [0.25, 0.3) is 15.9 Å². The normalized spacial score (nSPS) is 11.0. The molecule has 2 aromatic heterocycles. The van der Waals surface area contributed by atoms with Crippen molar-refractivity contribution in [2.24, 2.45) is 0 Å². The van der Waals surface area contributed by atoms with Crippen LogP contribution in [-0.4, -0.2) is 32.8 Å². The monoisotopic (exact) mass is 368 g/mol. The Kier molecular flexibility index (Phi) is 3.77. The molecule has 0 radical (unpaired) electrons. The molecule has 0 saturated carbocycles. The molecule has 0 aliphatic rings. The van der Waals surface area contributed by atoms with E-state index in [1.165, 1.54) is 34.1 Å². The predicted molar refractivity (Wildman–Crippen MR) is 97.9 cm³/mol. The molecule has 0 spiro atoms. The molecule has 0 saturated heterocycles. The van der Waals surface area contributed by atoms with E-state index in [9.17, 15) is 9.59 Å². The largest absolute Gasteiger partial charge is 0.495 e. The molecule has 4 aromatic rings. The molecule has 0 unspecified atom stereocenters. The van der Waals surface area contributed by atoms with Gasteiger partial charge in [0.25, 0.3) is 5.56 Å². The molecule has 0 bridgehead atoms. The average molecular weight is 368 g/mol. The van der Waals surface area contributed by atoms with Gasteiger partial charge in [0.15, 0.2) is 0 Å². The van der Waals surface area contributed by atoms with Crippen molar-refractivity contribution in [1.82, 2.24) is 14.6 Å². The van der Waals surface area contributed by atoms with E-state index in [4.69, 9.17) is 9.84 Å². The van der Waals surface area contributed by atoms with Crippen molar-refractivity contribution in [2.75, 3.05) is 12.4 Å². The van der Waals surface area contributed by atoms with E-state index in [2.05, 4.69) is 15.4 Å². The Hall–Kier alpha value is -3.46. The third-order valence-corrected chi connectivity index (χ3v) is 4.62. The molecular weight excluding hydrogens is 356 g/mol. The molecule has 2 N–H and O–H groups in total. The number of benzene rings is 2. The molecule has 8 nitrogen and oxygen atoms in total. The molecule has 2 heterocycles. The van der Waals surface area contributed by atoms with Gasteiger partial charge in [0.05, 0.1) is 29.3 Å². The minimum atomic E-state index is -1.07. The quantitative estimate of drug-likeness (QED) is 0.570. The third-order valence-electron chi connectivity index (χ3n) is 3.79. The molecule has 0 amide bonds. The first-order chi connectivity index (χ1) is 12.6. The fraction of sp³-hybridized carbons (Fsp3) is 0.0588. The van der Waals surface area contributed by atoms with Gasteiger partial charge in [-0.1, -0.05) is 23.5 Å². The maximum atomic E-state index is 12.6. The minimum Gasteiger partial charge on any atom is -0.495 e. The summed E-state index contributed by atoms with van der Waals surface area (Å²) in [5, 5.41) is 17.3. The van der Waals surface area contributed by atoms with E-state index >= 15 is 0 Å². The predicted octanol–water partition coefficient (Wildman–Crippen LogP) is 2.75. The second kappa shape index (κ2) is 6.12. The smallest absolute Gasteiger partial charge is 0.335 e. The highest BCUT2D eigenvalue weighted by Gasteiger charge is 2.14. The molecule has 0 fully saturated rings. The summed E-state index contributed by atoms with van der Waals surface area (Å²) < 4.78 is 6.49. The number of nitrogens with one attached hydrogen (secondary N) is 1. The molecule has 130 valence electrons. The Labute approximate surface area is 150 Å². The number of carbonyl (C=O) groups is 1. The lowest BCUT2D eigenvalue weighted by molar-refractivity contribution is 0.0697. The fourth-order valence-corrected chi connectivity index (χ4v) is 3.37. The van der Waals surface area contributed by atoms with Crippen molar-refractivity contribution < 1.29 is 14.6 Å². The maximum absolute atomic E-state index is 12.6. The summed E-state index contributed by atoms with van der Waals surface area (Å²) in [6.07, 6.45) is 0. The zero-order chi connectivity index (χ0) is 18.3. The zero-order valence-corrected chi connectivity index (χ0v) is 14.3. The summed E-state index contributed by atoms with van der Waals surface area (Å²) in [6, 6.07) is 11.5. The Balaban J connectivity index is 1.84. The summed E-state index contributed by atoms with van der Waals surface area (Å²) in [6.45, 7) is 0. The number of hydrogen-bond acceptors (Lipinski definition) is 7. The van der Waals surface area contributed by atoms with Crippen LogP contribution in [-0.2, 0) is 0 Å². The maximum Gasteiger partial charge on any atom is 0.335 e. The van der Waals surface area contributed by atoms with Gasteiger partial charge in [0.2, 0.25) is 10.1 Å². The van der Waals surface area contributed by atoms with Gasteiger partial charge in [0.1, 0.15) is 5.75 Å². The van der Waals surface area contributed by atoms with Gasteiger partial charge in [-0.05, 0) is 30.3 Å². The highest BCUT2D eigenvalue weighted by Crippen LogP contribution is 2.29. The molecule has 26 heavy (non-hydrogen) atoms. The molecule has 0 atom stereocenters. The number of aromatic nitrogens is 3. The van der Waals surface area contributed by atoms with Crippen molar-refractivity contribution in [3.8, 4) is 5.75 Å². The third kappa shape index (κ3) is 2.64. The number of anilines is 2. The lowest BCUT2D eigenvalue weighted by Gasteiger charge is -2.07. The molecular formula is C17H12N4O4S. The molecule has 4 rings (SSSR count). The van der Waals surface area contributed by atoms with E-state index in [1.807, 2.05) is 24.3 Å². The second-order valence-electron chi connectivity index (χ2n) is 5.38. The van der Waals surface area contributed by atoms with Crippen molar-refractivity contribution >= 4 is 44.0 Å². The molecule has 2 aromatic carbocycles. The number of nitrogens with zero attached hydrogens (tertiary/aromatic N) is 3. The van der Waals surface area contributed by atoms with Crippen molar-refractivity contribution in [3.63, 3.8) is 0 Å². The van der Waals surface area contributed by atoms with Crippen molar-refractivity contribution in [2.45, 2.75) is 0 Å². The van der Waals surface area contributed by atoms with E-state index in [-0.39, 0.29) is 11.1 Å². The van der Waals surface area contributed by atoms with E-state index in [0.717, 1.165) is 0 Å². The summed E-state index contributed by atoms with van der Waals surface area (Å²) in [5.41, 5.74) is 0.749. The van der Waals surface area contributed by atoms with Crippen LogP contribution in [0.5, 0.6) is 5.75 Å². The van der Waals surface area contributed by atoms with Crippen LogP contribution in [0.3, 0.4) is 0 Å². The summed E-state index contributed by atoms with van der Waals surface area (Å²) in [5.74, 6) is -0.431. The van der Waals surface area contributed by atoms with Crippen LogP contribution in [0.1, 0.15) is 10.4 Å². The number of fused-ring (bicyclic) bond motifs is 2. The van der Waals surface area contributed by atoms with Crippen molar-refractivity contribution in [3.05, 3.63) is 58.4 Å². The average Bonchev–Trinajstić information content (AvgIpc) is 3.04. The summed E-state index contributed by atoms with van der Waals surface area (Å²) in [4.78, 5) is 28.5. The van der Waals surface area contributed by atoms with Gasteiger partial charge in [-0.15, -0.1) is 5.10 Å². The number of hydrogen-bond donors (Lipinski definition) is 2. The molecule has 9 heteroatoms. The number of para-hydroxylation sites is 2. The topological polar surface area (TPSA) is 106 Å². The van der Waals surface area contributed by atoms with Crippen molar-refractivity contribution in [1.29, 1.82) is 0 Å². The van der Waals surface area contributed by atoms with Crippen LogP contribution >= 0.6 is 11.3 Å². The van der Waals surface area contributed by atoms with Crippen LogP contribution < -0.4 is 15.6 Å². The summed E-state index contributed by atoms with van der Waals surface area (Å²) in [7, 11) is 1.57. The number of rotatable bonds is 4. The number of aromatic carboxylic acids is 1. The van der Waals surface area contributed by atoms with Crippen LogP contribution in [0.4, 0.5) is 10.8 Å². The SMILES string of the molecule is COc1ccccc1Nc1nn2c(=O)c3ccc(C(=O)O)cc3nc2s1. The lowest BCUT2D eigenvalue weighted by atomic mass is 10.1. The zero-order valence-electron chi connectivity index (χ0n) is 13.5. The Bertz CT molecular complexity index is 1210. The fourth-order valence-electron chi connectivity index (χ4n) is 2.55. The van der Waals surface area contributed by atoms with E-state index in [0.29, 0.717) is 32.4 Å². The Morgan fingerprint density at radius 2 is 2.08 bits per heavy atom. The van der Waals surface area contributed by atoms with Gasteiger partial charge >= 0.3 is 5.97 Å². The first-order valence-electron chi connectivity index (χ1n) is 7.54. The van der Waals surface area contributed by atoms with Gasteiger partial charge < -0.3 is 15.2 Å². The first-order valence-corrected chi connectivity index (χ1v) is 8.35. The standard InChI is InChI=1S/C17H12N4O4S/c1-25-13-5-3-2-4-11(13)18-16-20-21-14(22)10-7-6-9(15(23)24)8-12(10)19-17(21)26-16/h2-8H,1H3,(H,18,20)(H,23,24). The second-order valence-corrected chi connectivity index (χ2v) is 6.34. The number of ether oxygens (including phenoxy) is 1. The van der Waals surface area contributed by atoms with E-state index in [1.54, 1.807) is 7.11 Å². The minimum absolute atomic E-state index is 0.0747.